The highest BCUT2D eigenvalue weighted by atomic mass is 16.6. The number of nitrogens with one attached hydrogen (secondary N) is 3. The normalized spacial score (nSPS) is 21.5. The van der Waals surface area contributed by atoms with Crippen molar-refractivity contribution < 1.29 is 34.0 Å². The number of phenolic OH excluding ortho intramolecular Hbond substituents is 2. The molecule has 1 unspecified atom stereocenters. The van der Waals surface area contributed by atoms with Gasteiger partial charge in [-0.1, -0.05) is 119 Å². The number of carbonyl (C=O) groups excluding carboxylic acids is 1. The van der Waals surface area contributed by atoms with Crippen LogP contribution in [0.4, 0.5) is 22.1 Å². The molecule has 6 aliphatic heterocycles. The minimum atomic E-state index is -0.533. The number of phenols is 2. The van der Waals surface area contributed by atoms with Gasteiger partial charge in [-0.05, 0) is 387 Å². The van der Waals surface area contributed by atoms with Crippen LogP contribution in [0.3, 0.4) is 0 Å². The molecular formula is C108H169N11O7. The lowest BCUT2D eigenvalue weighted by molar-refractivity contribution is -0.0419. The molecule has 7 heterocycles. The van der Waals surface area contributed by atoms with Crippen molar-refractivity contribution in [1.82, 2.24) is 35.3 Å². The molecule has 18 nitrogen and oxygen atoms in total. The van der Waals surface area contributed by atoms with Crippen molar-refractivity contribution in [3.63, 3.8) is 0 Å². The van der Waals surface area contributed by atoms with Crippen molar-refractivity contribution >= 4 is 36.1 Å². The van der Waals surface area contributed by atoms with Gasteiger partial charge in [0, 0.05) is 46.6 Å². The van der Waals surface area contributed by atoms with Gasteiger partial charge in [0.15, 0.2) is 0 Å². The number of methoxy groups -OCH3 is 2. The summed E-state index contributed by atoms with van der Waals surface area (Å²) in [4.78, 5) is 38.6. The minimum Gasteiger partial charge on any atom is -0.508 e. The Bertz CT molecular complexity index is 4800. The molecule has 1 amide bonds. The molecule has 1 aromatic heterocycles. The van der Waals surface area contributed by atoms with E-state index in [4.69, 9.17) is 34.7 Å². The number of fused-ring (bicyclic) bond motifs is 10. The Balaban J connectivity index is 0.000000175. The molecule has 0 radical (unpaired) electrons. The average molecular weight is 1730 g/mol. The Morgan fingerprint density at radius 1 is 0.492 bits per heavy atom. The monoisotopic (exact) mass is 1730 g/mol. The SMILES string of the molecule is C.C.C.C1CCOC1.COc1cc(C)c2c(c1)C1(CCCCC1)N(C=NC(C)(C)C)C2(C)C.COc1cc(C)c2c(c1)C1(CCCCC1)N(C=NC(C)(C)C)C2C.Cc1cc(Nc2ncnc(N)c2C)cc2c1C(C)(C)NC21CCCCC1.Cc1cc(O)cc2c1C(C)(C)N(C(=O)OC(C)(C)C)C21CCCCC1.Cc1cc(O)cc2c1C(C)(C)NC21CCCCC1. The Morgan fingerprint density at radius 3 is 1.37 bits per heavy atom. The standard InChI is InChI=1S/C22H34N2O.C21H29N5.C21H32N2O.C21H31NO3.C16H23NO.C4H8O.3CH4/c1-16-13-17(25-7)14-18-19(16)21(5,6)24(15-23-20(2,3)4)22(18)11-9-8-10-12-22;1-13-10-15(25-19-14(2)18(22)23-12-24-19)11-16-17(13)20(3,4)26-21(16)8-6-5-7-9-21;1-15-12-17(24-6)13-18-19(15)16(2)23(14-22-20(3,4)5)21(18)10-8-7-9-11-21;1-14-12-15(23)13-16-17(14)20(5,6)22(18(24)25-19(2,3)4)21(16)10-8-7-9-11-21;1-11-9-12(18)10-13-14(11)15(2,3)17-16(13)7-5-4-6-8-16;1-2-4-5-3-1;;;/h13-15H,8-12H2,1-7H3;10-12,26H,5-9H2,1-4H3,(H3,22,23,24,25);12-14,16H,7-11H2,1-6H3;12-13,23H,7-11H2,1-6H3;9-10,17-18H,4-8H2,1-3H3;1-4H2;3*1H4. The number of aromatic nitrogens is 2. The first-order valence-electron chi connectivity index (χ1n) is 47.1. The lowest BCUT2D eigenvalue weighted by Crippen LogP contribution is -2.54. The number of amides is 1. The third kappa shape index (κ3) is 20.5. The number of nitrogen functional groups attached to an aromatic ring is 1. The summed E-state index contributed by atoms with van der Waals surface area (Å²) in [7, 11) is 3.54. The second-order valence-corrected chi connectivity index (χ2v) is 43.3. The van der Waals surface area contributed by atoms with Crippen LogP contribution in [0.25, 0.3) is 0 Å². The molecule has 5 spiro atoms. The first-order chi connectivity index (χ1) is 57.7. The predicted molar refractivity (Wildman–Crippen MR) is 526 cm³/mol. The van der Waals surface area contributed by atoms with Gasteiger partial charge in [-0.25, -0.2) is 14.8 Å². The Hall–Kier alpha value is -7.93. The molecule has 18 heteroatoms. The number of carbonyl (C=O) groups is 1. The molecule has 17 rings (SSSR count). The fraction of sp³-hybridized carbons (Fsp3) is 0.657. The van der Waals surface area contributed by atoms with E-state index in [0.717, 1.165) is 84.2 Å². The van der Waals surface area contributed by atoms with Crippen LogP contribution in [-0.4, -0.2) is 97.8 Å². The highest BCUT2D eigenvalue weighted by Crippen LogP contribution is 2.61. The molecule has 11 aliphatic rings. The smallest absolute Gasteiger partial charge is 0.411 e. The molecule has 7 N–H and O–H groups in total. The number of nitrogens with zero attached hydrogens (tertiary/aromatic N) is 7. The number of aliphatic imine (C=N–C) groups is 2. The topological polar surface area (TPSA) is 217 Å². The molecule has 1 atom stereocenters. The van der Waals surface area contributed by atoms with E-state index in [0.29, 0.717) is 17.6 Å². The Morgan fingerprint density at radius 2 is 0.897 bits per heavy atom. The van der Waals surface area contributed by atoms with Crippen molar-refractivity contribution in [2.75, 3.05) is 38.5 Å². The number of aryl methyl sites for hydroxylation is 5. The van der Waals surface area contributed by atoms with E-state index in [9.17, 15) is 15.0 Å². The van der Waals surface area contributed by atoms with Gasteiger partial charge in [0.2, 0.25) is 0 Å². The number of hydrogen-bond acceptors (Lipinski definition) is 15. The predicted octanol–water partition coefficient (Wildman–Crippen LogP) is 27.1. The summed E-state index contributed by atoms with van der Waals surface area (Å²) in [5, 5.41) is 31.5. The lowest BCUT2D eigenvalue weighted by atomic mass is 9.76. The van der Waals surface area contributed by atoms with Gasteiger partial charge < -0.3 is 50.0 Å². The summed E-state index contributed by atoms with van der Waals surface area (Å²) in [6.07, 6.45) is 38.7. The van der Waals surface area contributed by atoms with Gasteiger partial charge in [-0.3, -0.25) is 25.5 Å². The fourth-order valence-corrected chi connectivity index (χ4v) is 24.4. The Labute approximate surface area is 762 Å². The van der Waals surface area contributed by atoms with E-state index in [1.165, 1.54) is 221 Å². The first-order valence-corrected chi connectivity index (χ1v) is 47.1. The van der Waals surface area contributed by atoms with E-state index >= 15 is 0 Å². The maximum Gasteiger partial charge on any atom is 0.411 e. The molecule has 0 bridgehead atoms. The highest BCUT2D eigenvalue weighted by Gasteiger charge is 2.60. The number of hydrogen-bond donors (Lipinski definition) is 6. The first kappa shape index (κ1) is 102. The maximum atomic E-state index is 13.3. The number of anilines is 3. The Kier molecular flexibility index (Phi) is 31.5. The molecular weight excluding hydrogens is 1560 g/mol. The van der Waals surface area contributed by atoms with Crippen molar-refractivity contribution in [1.29, 1.82) is 0 Å². The molecule has 6 aromatic rings. The van der Waals surface area contributed by atoms with Crippen LogP contribution in [0.2, 0.25) is 0 Å². The van der Waals surface area contributed by atoms with Crippen molar-refractivity contribution in [2.45, 2.75) is 434 Å². The van der Waals surface area contributed by atoms with Crippen LogP contribution in [0.15, 0.2) is 77.0 Å². The van der Waals surface area contributed by atoms with Gasteiger partial charge in [0.25, 0.3) is 0 Å². The minimum absolute atomic E-state index is 0. The zero-order valence-electron chi connectivity index (χ0n) is 80.7. The highest BCUT2D eigenvalue weighted by molar-refractivity contribution is 5.75. The van der Waals surface area contributed by atoms with Crippen LogP contribution in [0, 0.1) is 41.5 Å². The number of rotatable bonds is 6. The number of ether oxygens (including phenoxy) is 4. The molecule has 698 valence electrons. The van der Waals surface area contributed by atoms with E-state index in [2.05, 4.69) is 216 Å². The summed E-state index contributed by atoms with van der Waals surface area (Å²) in [5.74, 6) is 3.95. The van der Waals surface area contributed by atoms with Crippen molar-refractivity contribution in [3.8, 4) is 23.0 Å². The fourth-order valence-electron chi connectivity index (χ4n) is 24.4. The van der Waals surface area contributed by atoms with E-state index in [-0.39, 0.29) is 89.5 Å². The number of benzene rings is 5. The zero-order chi connectivity index (χ0) is 89.6. The molecule has 5 aromatic carbocycles. The van der Waals surface area contributed by atoms with Gasteiger partial charge in [0.05, 0.1) is 71.7 Å². The van der Waals surface area contributed by atoms with Crippen LogP contribution in [-0.2, 0) is 59.3 Å². The quantitative estimate of drug-likeness (QED) is 0.0675. The summed E-state index contributed by atoms with van der Waals surface area (Å²) in [5.41, 5.74) is 26.9. The second-order valence-electron chi connectivity index (χ2n) is 43.3. The zero-order valence-corrected chi connectivity index (χ0v) is 80.7. The lowest BCUT2D eigenvalue weighted by Gasteiger charge is -2.47. The summed E-state index contributed by atoms with van der Waals surface area (Å²) < 4.78 is 22.0. The van der Waals surface area contributed by atoms with Crippen molar-refractivity contribution in [3.05, 3.63) is 156 Å². The number of nitrogens with two attached hydrogens (primary N) is 1. The van der Waals surface area contributed by atoms with Crippen LogP contribution >= 0.6 is 0 Å². The average Bonchev–Trinajstić information content (AvgIpc) is 1.54. The van der Waals surface area contributed by atoms with E-state index in [1.54, 1.807) is 20.3 Å². The molecule has 5 saturated carbocycles. The van der Waals surface area contributed by atoms with Crippen molar-refractivity contribution in [2.24, 2.45) is 9.98 Å². The van der Waals surface area contributed by atoms with E-state index < -0.39 is 11.1 Å². The third-order valence-electron chi connectivity index (χ3n) is 29.0. The second kappa shape index (κ2) is 39.0. The molecule has 1 saturated heterocycles. The molecule has 126 heavy (non-hydrogen) atoms. The van der Waals surface area contributed by atoms with Gasteiger partial charge >= 0.3 is 6.09 Å². The van der Waals surface area contributed by atoms with Gasteiger partial charge in [0.1, 0.15) is 46.6 Å². The van der Waals surface area contributed by atoms with Crippen LogP contribution in [0.1, 0.15) is 415 Å². The third-order valence-corrected chi connectivity index (χ3v) is 29.0. The molecule has 5 aliphatic carbocycles. The summed E-state index contributed by atoms with van der Waals surface area (Å²) in [6.45, 7) is 53.9. The summed E-state index contributed by atoms with van der Waals surface area (Å²) >= 11 is 0. The largest absolute Gasteiger partial charge is 0.508 e. The van der Waals surface area contributed by atoms with Crippen LogP contribution in [0.5, 0.6) is 23.0 Å². The van der Waals surface area contributed by atoms with Gasteiger partial charge in [-0.2, -0.15) is 0 Å². The van der Waals surface area contributed by atoms with Crippen LogP contribution < -0.4 is 31.2 Å². The summed E-state index contributed by atoms with van der Waals surface area (Å²) in [6, 6.07) is 21.4. The van der Waals surface area contributed by atoms with E-state index in [1.807, 2.05) is 57.7 Å². The molecule has 6 fully saturated rings. The maximum absolute atomic E-state index is 13.3. The van der Waals surface area contributed by atoms with Gasteiger partial charge in [-0.15, -0.1) is 0 Å². The number of aromatic hydroxyl groups is 2.